The maximum atomic E-state index is 13.0. The summed E-state index contributed by atoms with van der Waals surface area (Å²) in [7, 11) is 3.69. The first kappa shape index (κ1) is 22.9. The Labute approximate surface area is 171 Å². The lowest BCUT2D eigenvalue weighted by Gasteiger charge is -2.34. The van der Waals surface area contributed by atoms with Gasteiger partial charge in [0.15, 0.2) is 0 Å². The summed E-state index contributed by atoms with van der Waals surface area (Å²) >= 11 is 1.73. The predicted molar refractivity (Wildman–Crippen MR) is 110 cm³/mol. The van der Waals surface area contributed by atoms with Gasteiger partial charge in [0.25, 0.3) is 0 Å². The van der Waals surface area contributed by atoms with E-state index in [0.717, 1.165) is 43.6 Å². The SMILES string of the molecule is CCc1csc(C2CCCN(C(=O)C(NC)c3cnn(C)c3)C2)n1.Cl.Cl. The normalized spacial score (nSPS) is 18.0. The number of likely N-dealkylation sites (N-methyl/N-ethyl adjacent to an activating group) is 1. The summed E-state index contributed by atoms with van der Waals surface area (Å²) in [4.78, 5) is 19.7. The monoisotopic (exact) mass is 419 g/mol. The van der Waals surface area contributed by atoms with E-state index in [0.29, 0.717) is 5.92 Å². The molecule has 0 spiro atoms. The fourth-order valence-corrected chi connectivity index (χ4v) is 4.29. The van der Waals surface area contributed by atoms with Gasteiger partial charge >= 0.3 is 0 Å². The van der Waals surface area contributed by atoms with Gasteiger partial charge in [0.05, 0.1) is 16.9 Å². The van der Waals surface area contributed by atoms with Crippen LogP contribution in [-0.2, 0) is 18.3 Å². The predicted octanol–water partition coefficient (Wildman–Crippen LogP) is 2.95. The molecular formula is C17H27Cl2N5OS. The number of thiazole rings is 1. The molecule has 2 atom stereocenters. The summed E-state index contributed by atoms with van der Waals surface area (Å²) in [6.45, 7) is 3.70. The number of nitrogens with one attached hydrogen (secondary N) is 1. The van der Waals surface area contributed by atoms with Gasteiger partial charge < -0.3 is 10.2 Å². The fraction of sp³-hybridized carbons (Fsp3) is 0.588. The summed E-state index contributed by atoms with van der Waals surface area (Å²) in [6, 6.07) is -0.333. The van der Waals surface area contributed by atoms with Gasteiger partial charge in [-0.3, -0.25) is 9.48 Å². The zero-order chi connectivity index (χ0) is 17.1. The van der Waals surface area contributed by atoms with Crippen LogP contribution in [0.15, 0.2) is 17.8 Å². The third-order valence-corrected chi connectivity index (χ3v) is 5.66. The molecule has 0 saturated carbocycles. The molecule has 146 valence electrons. The molecule has 3 heterocycles. The number of aryl methyl sites for hydroxylation is 2. The number of nitrogens with zero attached hydrogens (tertiary/aromatic N) is 4. The molecule has 3 rings (SSSR count). The number of piperidine rings is 1. The molecule has 0 aliphatic carbocycles. The van der Waals surface area contributed by atoms with Crippen LogP contribution in [0.2, 0.25) is 0 Å². The number of amides is 1. The fourth-order valence-electron chi connectivity index (χ4n) is 3.26. The molecule has 0 radical (unpaired) electrons. The van der Waals surface area contributed by atoms with Gasteiger partial charge in [-0.15, -0.1) is 36.2 Å². The highest BCUT2D eigenvalue weighted by Gasteiger charge is 2.31. The van der Waals surface area contributed by atoms with Crippen molar-refractivity contribution in [1.29, 1.82) is 0 Å². The lowest BCUT2D eigenvalue weighted by atomic mass is 9.97. The number of halogens is 2. The minimum Gasteiger partial charge on any atom is -0.340 e. The number of carbonyl (C=O) groups excluding carboxylic acids is 1. The van der Waals surface area contributed by atoms with Gasteiger partial charge in [-0.1, -0.05) is 6.92 Å². The van der Waals surface area contributed by atoms with Gasteiger partial charge in [0.2, 0.25) is 5.91 Å². The van der Waals surface area contributed by atoms with Crippen LogP contribution in [0.1, 0.15) is 48.0 Å². The Balaban J connectivity index is 0.00000169. The minimum absolute atomic E-state index is 0. The zero-order valence-corrected chi connectivity index (χ0v) is 17.8. The standard InChI is InChI=1S/C17H25N5OS.2ClH/c1-4-14-11-24-16(20-14)12-6-5-7-22(10-12)17(23)15(18-2)13-8-19-21(3)9-13;;/h8-9,11-12,15,18H,4-7,10H2,1-3H3;2*1H. The Bertz CT molecular complexity index is 705. The number of carbonyl (C=O) groups is 1. The van der Waals surface area contributed by atoms with E-state index in [-0.39, 0.29) is 36.8 Å². The summed E-state index contributed by atoms with van der Waals surface area (Å²) in [5, 5.41) is 10.6. The minimum atomic E-state index is -0.333. The second-order valence-corrected chi connectivity index (χ2v) is 7.21. The number of hydrogen-bond donors (Lipinski definition) is 1. The number of likely N-dealkylation sites (tertiary alicyclic amines) is 1. The van der Waals surface area contributed by atoms with Crippen molar-refractivity contribution in [2.45, 2.75) is 38.1 Å². The van der Waals surface area contributed by atoms with Crippen molar-refractivity contribution in [2.75, 3.05) is 20.1 Å². The average Bonchev–Trinajstić information content (AvgIpc) is 3.25. The zero-order valence-electron chi connectivity index (χ0n) is 15.3. The molecule has 2 aromatic heterocycles. The van der Waals surface area contributed by atoms with Crippen LogP contribution in [-0.4, -0.2) is 45.7 Å². The molecule has 0 aromatic carbocycles. The second-order valence-electron chi connectivity index (χ2n) is 6.32. The van der Waals surface area contributed by atoms with E-state index in [4.69, 9.17) is 4.98 Å². The van der Waals surface area contributed by atoms with Gasteiger partial charge in [0.1, 0.15) is 6.04 Å². The van der Waals surface area contributed by atoms with Gasteiger partial charge in [-0.25, -0.2) is 4.98 Å². The summed E-state index contributed by atoms with van der Waals surface area (Å²) in [6.07, 6.45) is 6.76. The van der Waals surface area contributed by atoms with Crippen molar-refractivity contribution in [3.05, 3.63) is 34.0 Å². The van der Waals surface area contributed by atoms with Crippen LogP contribution in [0, 0.1) is 0 Å². The van der Waals surface area contributed by atoms with Gasteiger partial charge in [-0.05, 0) is 26.3 Å². The van der Waals surface area contributed by atoms with E-state index in [9.17, 15) is 4.79 Å². The largest absolute Gasteiger partial charge is 0.340 e. The van der Waals surface area contributed by atoms with Crippen molar-refractivity contribution < 1.29 is 4.79 Å². The lowest BCUT2D eigenvalue weighted by molar-refractivity contribution is -0.134. The number of aromatic nitrogens is 3. The van der Waals surface area contributed by atoms with Crippen molar-refractivity contribution in [2.24, 2.45) is 7.05 Å². The first-order valence-electron chi connectivity index (χ1n) is 8.51. The average molecular weight is 420 g/mol. The first-order valence-corrected chi connectivity index (χ1v) is 9.39. The molecule has 2 unspecified atom stereocenters. The highest BCUT2D eigenvalue weighted by Crippen LogP contribution is 2.30. The molecular weight excluding hydrogens is 393 g/mol. The summed E-state index contributed by atoms with van der Waals surface area (Å²) < 4.78 is 1.73. The Hall–Kier alpha value is -1.15. The van der Waals surface area contributed by atoms with E-state index < -0.39 is 0 Å². The molecule has 6 nitrogen and oxygen atoms in total. The maximum Gasteiger partial charge on any atom is 0.244 e. The maximum absolute atomic E-state index is 13.0. The number of rotatable bonds is 5. The van der Waals surface area contributed by atoms with Crippen LogP contribution in [0.4, 0.5) is 0 Å². The lowest BCUT2D eigenvalue weighted by Crippen LogP contribution is -2.44. The van der Waals surface area contributed by atoms with E-state index in [1.807, 2.05) is 25.2 Å². The van der Waals surface area contributed by atoms with Crippen molar-refractivity contribution in [3.63, 3.8) is 0 Å². The van der Waals surface area contributed by atoms with Crippen molar-refractivity contribution in [1.82, 2.24) is 25.0 Å². The van der Waals surface area contributed by atoms with Crippen LogP contribution in [0.3, 0.4) is 0 Å². The molecule has 1 aliphatic heterocycles. The highest BCUT2D eigenvalue weighted by atomic mass is 35.5. The first-order chi connectivity index (χ1) is 11.6. The quantitative estimate of drug-likeness (QED) is 0.808. The Morgan fingerprint density at radius 2 is 2.23 bits per heavy atom. The van der Waals surface area contributed by atoms with E-state index in [1.165, 1.54) is 5.01 Å². The van der Waals surface area contributed by atoms with Gasteiger partial charge in [-0.2, -0.15) is 5.10 Å². The van der Waals surface area contributed by atoms with E-state index >= 15 is 0 Å². The molecule has 2 aromatic rings. The third-order valence-electron chi connectivity index (χ3n) is 4.61. The molecule has 26 heavy (non-hydrogen) atoms. The van der Waals surface area contributed by atoms with Crippen molar-refractivity contribution >= 4 is 42.1 Å². The molecule has 1 saturated heterocycles. The molecule has 1 amide bonds. The van der Waals surface area contributed by atoms with E-state index in [2.05, 4.69) is 22.7 Å². The Morgan fingerprint density at radius 1 is 1.46 bits per heavy atom. The van der Waals surface area contributed by atoms with Gasteiger partial charge in [0, 0.05) is 43.2 Å². The Morgan fingerprint density at radius 3 is 2.81 bits per heavy atom. The molecule has 1 N–H and O–H groups in total. The van der Waals surface area contributed by atoms with Crippen LogP contribution >= 0.6 is 36.2 Å². The molecule has 1 fully saturated rings. The van der Waals surface area contributed by atoms with Crippen LogP contribution in [0.25, 0.3) is 0 Å². The topological polar surface area (TPSA) is 63.1 Å². The second kappa shape index (κ2) is 10.3. The van der Waals surface area contributed by atoms with Crippen molar-refractivity contribution in [3.8, 4) is 0 Å². The van der Waals surface area contributed by atoms with E-state index in [1.54, 1.807) is 22.2 Å². The Kier molecular flexibility index (Phi) is 9.03. The summed E-state index contributed by atoms with van der Waals surface area (Å²) in [5.41, 5.74) is 2.07. The smallest absolute Gasteiger partial charge is 0.244 e. The molecule has 9 heteroatoms. The molecule has 0 bridgehead atoms. The van der Waals surface area contributed by atoms with Crippen LogP contribution in [0.5, 0.6) is 0 Å². The van der Waals surface area contributed by atoms with Crippen LogP contribution < -0.4 is 5.32 Å². The highest BCUT2D eigenvalue weighted by molar-refractivity contribution is 7.09. The number of hydrogen-bond acceptors (Lipinski definition) is 5. The third kappa shape index (κ3) is 4.97. The summed E-state index contributed by atoms with van der Waals surface area (Å²) in [5.74, 6) is 0.488. The molecule has 1 aliphatic rings.